The summed E-state index contributed by atoms with van der Waals surface area (Å²) in [6.45, 7) is 9.40. The molecule has 23 heavy (non-hydrogen) atoms. The summed E-state index contributed by atoms with van der Waals surface area (Å²) >= 11 is 0. The lowest BCUT2D eigenvalue weighted by molar-refractivity contribution is -0.148. The van der Waals surface area contributed by atoms with Gasteiger partial charge in [-0.25, -0.2) is 4.79 Å². The lowest BCUT2D eigenvalue weighted by Crippen LogP contribution is -2.37. The number of esters is 1. The van der Waals surface area contributed by atoms with Gasteiger partial charge in [-0.15, -0.1) is 0 Å². The van der Waals surface area contributed by atoms with Crippen molar-refractivity contribution in [1.29, 1.82) is 0 Å². The number of nitrogens with zero attached hydrogens (tertiary/aromatic N) is 1. The average molecular weight is 343 g/mol. The van der Waals surface area contributed by atoms with Crippen LogP contribution >= 0.6 is 7.60 Å². The zero-order chi connectivity index (χ0) is 17.0. The standard InChI is InChI=1S/C16H26NO5P/c1-6-20-15(18)16-12-7-8-13(9-12)17(16)14(16)23(19,21-10(2)3)22-11(4)5/h7-8,10-14H,6,9H2,1-5H3. The Morgan fingerprint density at radius 3 is 2.39 bits per heavy atom. The Hall–Kier alpha value is -0.680. The molecule has 6 nitrogen and oxygen atoms in total. The van der Waals surface area contributed by atoms with Crippen molar-refractivity contribution in [3.63, 3.8) is 0 Å². The van der Waals surface area contributed by atoms with Crippen LogP contribution in [0.25, 0.3) is 0 Å². The van der Waals surface area contributed by atoms with Crippen molar-refractivity contribution in [2.75, 3.05) is 6.61 Å². The van der Waals surface area contributed by atoms with Crippen LogP contribution in [0.1, 0.15) is 41.0 Å². The number of carbonyl (C=O) groups is 1. The number of carbonyl (C=O) groups excluding carboxylic acids is 1. The predicted molar refractivity (Wildman–Crippen MR) is 86.1 cm³/mol. The fourth-order valence-corrected chi connectivity index (χ4v) is 7.06. The second-order valence-electron chi connectivity index (χ2n) is 6.97. The van der Waals surface area contributed by atoms with Gasteiger partial charge in [-0.1, -0.05) is 12.2 Å². The first-order valence-electron chi connectivity index (χ1n) is 8.37. The maximum atomic E-state index is 13.5. The third-order valence-corrected chi connectivity index (χ3v) is 7.29. The minimum atomic E-state index is -3.46. The lowest BCUT2D eigenvalue weighted by Gasteiger charge is -2.26. The van der Waals surface area contributed by atoms with Crippen LogP contribution in [0.2, 0.25) is 0 Å². The van der Waals surface area contributed by atoms with Crippen LogP contribution in [-0.4, -0.2) is 47.0 Å². The summed E-state index contributed by atoms with van der Waals surface area (Å²) in [7, 11) is -3.46. The summed E-state index contributed by atoms with van der Waals surface area (Å²) < 4.78 is 30.3. The predicted octanol–water partition coefficient (Wildman–Crippen LogP) is 2.93. The number of hydrogen-bond donors (Lipinski definition) is 0. The van der Waals surface area contributed by atoms with Crippen molar-refractivity contribution in [1.82, 2.24) is 4.90 Å². The third kappa shape index (κ3) is 2.42. The Labute approximate surface area is 137 Å². The highest BCUT2D eigenvalue weighted by atomic mass is 31.2. The molecule has 0 spiro atoms. The van der Waals surface area contributed by atoms with E-state index >= 15 is 0 Å². The molecule has 0 radical (unpaired) electrons. The molecule has 0 aromatic heterocycles. The highest BCUT2D eigenvalue weighted by Crippen LogP contribution is 2.75. The molecule has 0 aromatic rings. The molecule has 130 valence electrons. The maximum Gasteiger partial charge on any atom is 0.350 e. The Morgan fingerprint density at radius 2 is 1.87 bits per heavy atom. The summed E-state index contributed by atoms with van der Waals surface area (Å²) in [6.07, 6.45) is 4.52. The Kier molecular flexibility index (Phi) is 4.25. The van der Waals surface area contributed by atoms with Gasteiger partial charge in [0, 0.05) is 12.0 Å². The number of rotatable bonds is 7. The molecule has 5 unspecified atom stereocenters. The van der Waals surface area contributed by atoms with Gasteiger partial charge < -0.3 is 13.8 Å². The van der Waals surface area contributed by atoms with Crippen molar-refractivity contribution in [2.24, 2.45) is 5.92 Å². The van der Waals surface area contributed by atoms with E-state index in [9.17, 15) is 9.36 Å². The van der Waals surface area contributed by atoms with Crippen molar-refractivity contribution >= 4 is 13.6 Å². The Balaban J connectivity index is 1.95. The van der Waals surface area contributed by atoms with Gasteiger partial charge in [0.25, 0.3) is 0 Å². The van der Waals surface area contributed by atoms with E-state index in [-0.39, 0.29) is 30.1 Å². The fourth-order valence-electron chi connectivity index (χ4n) is 4.09. The van der Waals surface area contributed by atoms with Crippen LogP contribution in [-0.2, 0) is 23.1 Å². The molecule has 3 aliphatic rings. The zero-order valence-corrected chi connectivity index (χ0v) is 15.3. The quantitative estimate of drug-likeness (QED) is 0.306. The monoisotopic (exact) mass is 343 g/mol. The smallest absolute Gasteiger partial charge is 0.350 e. The second kappa shape index (κ2) is 5.69. The summed E-state index contributed by atoms with van der Waals surface area (Å²) in [4.78, 5) is 14.7. The van der Waals surface area contributed by atoms with Crippen molar-refractivity contribution < 1.29 is 23.1 Å². The number of fused-ring (bicyclic) bond motifs is 5. The molecule has 0 amide bonds. The molecule has 7 heteroatoms. The molecule has 0 aromatic carbocycles. The molecule has 1 aliphatic carbocycles. The van der Waals surface area contributed by atoms with E-state index in [0.29, 0.717) is 6.61 Å². The van der Waals surface area contributed by atoms with Gasteiger partial charge >= 0.3 is 13.6 Å². The second-order valence-corrected chi connectivity index (χ2v) is 8.96. The van der Waals surface area contributed by atoms with E-state index < -0.39 is 18.9 Å². The molecule has 0 saturated carbocycles. The number of ether oxygens (including phenoxy) is 1. The highest BCUT2D eigenvalue weighted by molar-refractivity contribution is 7.55. The van der Waals surface area contributed by atoms with E-state index in [1.807, 2.05) is 38.7 Å². The summed E-state index contributed by atoms with van der Waals surface area (Å²) in [5, 5.41) is 0. The van der Waals surface area contributed by atoms with E-state index in [2.05, 4.69) is 6.08 Å². The molecule has 3 rings (SSSR count). The van der Waals surface area contributed by atoms with Crippen LogP contribution in [0.15, 0.2) is 12.2 Å². The van der Waals surface area contributed by atoms with Crippen LogP contribution in [0.3, 0.4) is 0 Å². The van der Waals surface area contributed by atoms with Gasteiger partial charge in [-0.3, -0.25) is 9.46 Å². The van der Waals surface area contributed by atoms with E-state index in [0.717, 1.165) is 6.42 Å². The molecule has 2 fully saturated rings. The highest BCUT2D eigenvalue weighted by Gasteiger charge is 2.84. The molecule has 0 N–H and O–H groups in total. The van der Waals surface area contributed by atoms with Crippen LogP contribution in [0.5, 0.6) is 0 Å². The summed E-state index contributed by atoms with van der Waals surface area (Å²) in [5.41, 5.74) is -0.866. The topological polar surface area (TPSA) is 64.8 Å². The third-order valence-electron chi connectivity index (χ3n) is 4.62. The molecule has 2 saturated heterocycles. The van der Waals surface area contributed by atoms with Crippen LogP contribution in [0, 0.1) is 5.92 Å². The van der Waals surface area contributed by atoms with Crippen molar-refractivity contribution in [3.05, 3.63) is 12.2 Å². The van der Waals surface area contributed by atoms with Gasteiger partial charge in [-0.05, 0) is 41.0 Å². The summed E-state index contributed by atoms with van der Waals surface area (Å²) in [5.74, 6) is -0.823. The minimum Gasteiger partial charge on any atom is -0.465 e. The molecule has 2 aliphatic heterocycles. The first-order chi connectivity index (χ1) is 10.8. The van der Waals surface area contributed by atoms with E-state index in [4.69, 9.17) is 13.8 Å². The Morgan fingerprint density at radius 1 is 1.26 bits per heavy atom. The summed E-state index contributed by atoms with van der Waals surface area (Å²) in [6, 6.07) is 0.120. The van der Waals surface area contributed by atoms with Gasteiger partial charge in [0.2, 0.25) is 0 Å². The molecular weight excluding hydrogens is 317 g/mol. The van der Waals surface area contributed by atoms with E-state index in [1.54, 1.807) is 6.92 Å². The largest absolute Gasteiger partial charge is 0.465 e. The van der Waals surface area contributed by atoms with Gasteiger partial charge in [0.1, 0.15) is 5.78 Å². The average Bonchev–Trinajstić information content (AvgIpc) is 2.80. The van der Waals surface area contributed by atoms with Gasteiger partial charge in [0.15, 0.2) is 5.54 Å². The lowest BCUT2D eigenvalue weighted by atomic mass is 9.93. The zero-order valence-electron chi connectivity index (χ0n) is 14.4. The molecule has 2 bridgehead atoms. The van der Waals surface area contributed by atoms with Gasteiger partial charge in [0.05, 0.1) is 18.8 Å². The first kappa shape index (κ1) is 17.2. The molecule has 5 atom stereocenters. The van der Waals surface area contributed by atoms with Crippen LogP contribution < -0.4 is 0 Å². The normalized spacial score (nSPS) is 37.5. The van der Waals surface area contributed by atoms with Gasteiger partial charge in [-0.2, -0.15) is 0 Å². The maximum absolute atomic E-state index is 13.5. The first-order valence-corrected chi connectivity index (χ1v) is 9.99. The molecule has 2 heterocycles. The van der Waals surface area contributed by atoms with Crippen molar-refractivity contribution in [2.45, 2.75) is 70.6 Å². The number of piperidine rings is 1. The SMILES string of the molecule is CCOC(=O)C12C3C=CC(C3)N1C2P(=O)(OC(C)C)OC(C)C. The van der Waals surface area contributed by atoms with Crippen molar-refractivity contribution in [3.8, 4) is 0 Å². The minimum absolute atomic E-state index is 0.0244. The molecular formula is C16H26NO5P. The fraction of sp³-hybridized carbons (Fsp3) is 0.812. The van der Waals surface area contributed by atoms with E-state index in [1.165, 1.54) is 0 Å². The Bertz CT molecular complexity index is 561. The van der Waals surface area contributed by atoms with Crippen LogP contribution in [0.4, 0.5) is 0 Å². The number of hydrogen-bond acceptors (Lipinski definition) is 6.